The molecule has 3 aliphatic rings. The third-order valence-electron chi connectivity index (χ3n) is 7.99. The third kappa shape index (κ3) is 3.12. The summed E-state index contributed by atoms with van der Waals surface area (Å²) in [5.74, 6) is -1.57. The van der Waals surface area contributed by atoms with Gasteiger partial charge < -0.3 is 10.2 Å². The molecule has 1 N–H and O–H groups in total. The van der Waals surface area contributed by atoms with Crippen LogP contribution in [0.15, 0.2) is 101 Å². The van der Waals surface area contributed by atoms with Crippen LogP contribution in [-0.2, 0) is 10.2 Å². The Morgan fingerprint density at radius 1 is 0.895 bits per heavy atom. The first-order chi connectivity index (χ1) is 18.5. The average Bonchev–Trinajstić information content (AvgIpc) is 3.65. The lowest BCUT2D eigenvalue weighted by Crippen LogP contribution is -2.51. The number of amides is 1. The molecule has 3 aliphatic heterocycles. The number of ketones is 2. The number of carbonyl (C=O) groups excluding carboxylic acids is 3. The van der Waals surface area contributed by atoms with Gasteiger partial charge in [0.15, 0.2) is 11.6 Å². The van der Waals surface area contributed by atoms with E-state index in [9.17, 15) is 14.4 Å². The number of nitrogens with one attached hydrogen (secondary N) is 1. The highest BCUT2D eigenvalue weighted by atomic mass is 79.9. The quantitative estimate of drug-likeness (QED) is 0.285. The summed E-state index contributed by atoms with van der Waals surface area (Å²) in [6, 6.07) is 24.8. The molecule has 4 atom stereocenters. The van der Waals surface area contributed by atoms with Crippen molar-refractivity contribution in [2.75, 3.05) is 10.2 Å². The van der Waals surface area contributed by atoms with Gasteiger partial charge in [0.05, 0.1) is 16.8 Å². The molecule has 38 heavy (non-hydrogen) atoms. The molecule has 5 nitrogen and oxygen atoms in total. The monoisotopic (exact) mass is 580 g/mol. The summed E-state index contributed by atoms with van der Waals surface area (Å²) < 4.78 is 0.858. The molecule has 186 valence electrons. The summed E-state index contributed by atoms with van der Waals surface area (Å²) in [5, 5.41) is 4.91. The van der Waals surface area contributed by atoms with Gasteiger partial charge >= 0.3 is 0 Å². The van der Waals surface area contributed by atoms with Crippen LogP contribution in [0, 0.1) is 5.92 Å². The van der Waals surface area contributed by atoms with Gasteiger partial charge in [0.1, 0.15) is 11.5 Å². The highest BCUT2D eigenvalue weighted by molar-refractivity contribution is 9.10. The molecule has 7 rings (SSSR count). The Bertz CT molecular complexity index is 1650. The highest BCUT2D eigenvalue weighted by Crippen LogP contribution is 2.58. The lowest BCUT2D eigenvalue weighted by molar-refractivity contribution is -0.121. The Labute approximate surface area is 231 Å². The van der Waals surface area contributed by atoms with Crippen molar-refractivity contribution in [3.63, 3.8) is 0 Å². The molecule has 0 saturated carbocycles. The van der Waals surface area contributed by atoms with Gasteiger partial charge in [0, 0.05) is 21.4 Å². The first-order valence-corrected chi connectivity index (χ1v) is 14.0. The van der Waals surface area contributed by atoms with Crippen LogP contribution in [0.1, 0.15) is 31.2 Å². The fraction of sp³-hybridized carbons (Fsp3) is 0.129. The lowest BCUT2D eigenvalue weighted by atomic mass is 9.64. The minimum absolute atomic E-state index is 0.184. The van der Waals surface area contributed by atoms with E-state index < -0.39 is 23.4 Å². The van der Waals surface area contributed by atoms with Gasteiger partial charge in [0.25, 0.3) is 0 Å². The maximum absolute atomic E-state index is 14.5. The summed E-state index contributed by atoms with van der Waals surface area (Å²) in [7, 11) is 0. The van der Waals surface area contributed by atoms with E-state index in [1.54, 1.807) is 18.2 Å². The number of halogens is 1. The Morgan fingerprint density at radius 3 is 2.45 bits per heavy atom. The van der Waals surface area contributed by atoms with Gasteiger partial charge in [0.2, 0.25) is 5.91 Å². The van der Waals surface area contributed by atoms with Gasteiger partial charge in [-0.25, -0.2) is 0 Å². The van der Waals surface area contributed by atoms with Crippen LogP contribution in [-0.4, -0.2) is 29.6 Å². The molecule has 1 amide bonds. The molecule has 4 aromatic rings. The van der Waals surface area contributed by atoms with E-state index in [1.807, 2.05) is 89.2 Å². The molecule has 4 heterocycles. The minimum Gasteiger partial charge on any atom is -0.352 e. The van der Waals surface area contributed by atoms with E-state index in [-0.39, 0.29) is 17.5 Å². The maximum atomic E-state index is 14.5. The SMILES string of the molecule is O=C(c1cccs1)[C@@H]1[C@H](C(=O)c2ccc(Br)cc2)N2c3ccccc3C=C[C@H]2[C@@]12C(=O)Nc1ccccc12. The second kappa shape index (κ2) is 8.61. The van der Waals surface area contributed by atoms with Crippen molar-refractivity contribution in [2.24, 2.45) is 5.92 Å². The fourth-order valence-corrected chi connectivity index (χ4v) is 7.45. The number of hydrogen-bond acceptors (Lipinski definition) is 5. The van der Waals surface area contributed by atoms with Crippen LogP contribution < -0.4 is 10.2 Å². The van der Waals surface area contributed by atoms with Gasteiger partial charge in [-0.3, -0.25) is 14.4 Å². The van der Waals surface area contributed by atoms with Gasteiger partial charge in [-0.1, -0.05) is 82.7 Å². The van der Waals surface area contributed by atoms with Crippen LogP contribution in [0.3, 0.4) is 0 Å². The zero-order valence-electron chi connectivity index (χ0n) is 20.0. The van der Waals surface area contributed by atoms with Crippen LogP contribution in [0.5, 0.6) is 0 Å². The van der Waals surface area contributed by atoms with E-state index in [0.717, 1.165) is 21.3 Å². The summed E-state index contributed by atoms with van der Waals surface area (Å²) in [4.78, 5) is 45.8. The molecule has 0 bridgehead atoms. The molecule has 0 radical (unpaired) electrons. The average molecular weight is 581 g/mol. The van der Waals surface area contributed by atoms with Crippen molar-refractivity contribution < 1.29 is 14.4 Å². The van der Waals surface area contributed by atoms with Gasteiger partial charge in [-0.05, 0) is 46.8 Å². The number of fused-ring (bicyclic) bond motifs is 6. The first-order valence-electron chi connectivity index (χ1n) is 12.4. The molecular formula is C31H21BrN2O3S. The van der Waals surface area contributed by atoms with Crippen molar-refractivity contribution in [3.05, 3.63) is 122 Å². The normalized spacial score (nSPS) is 24.6. The molecule has 0 unspecified atom stereocenters. The number of thiophene rings is 1. The topological polar surface area (TPSA) is 66.5 Å². The van der Waals surface area contributed by atoms with Crippen molar-refractivity contribution in [1.82, 2.24) is 0 Å². The fourth-order valence-electron chi connectivity index (χ4n) is 6.48. The number of nitrogens with zero attached hydrogens (tertiary/aromatic N) is 1. The predicted octanol–water partition coefficient (Wildman–Crippen LogP) is 6.37. The molecule has 1 saturated heterocycles. The van der Waals surface area contributed by atoms with Crippen molar-refractivity contribution in [2.45, 2.75) is 17.5 Å². The number of anilines is 2. The van der Waals surface area contributed by atoms with Crippen LogP contribution in [0.25, 0.3) is 6.08 Å². The molecule has 3 aromatic carbocycles. The molecule has 1 aromatic heterocycles. The second-order valence-corrected chi connectivity index (χ2v) is 11.6. The smallest absolute Gasteiger partial charge is 0.238 e. The maximum Gasteiger partial charge on any atom is 0.238 e. The highest BCUT2D eigenvalue weighted by Gasteiger charge is 2.70. The van der Waals surface area contributed by atoms with E-state index >= 15 is 0 Å². The minimum atomic E-state index is -1.28. The number of benzene rings is 3. The number of Topliss-reactive ketones (excluding diaryl/α,β-unsaturated/α-hetero) is 2. The van der Waals surface area contributed by atoms with E-state index in [2.05, 4.69) is 21.2 Å². The summed E-state index contributed by atoms with van der Waals surface area (Å²) in [6.07, 6.45) is 4.00. The third-order valence-corrected chi connectivity index (χ3v) is 9.40. The molecule has 1 spiro atoms. The largest absolute Gasteiger partial charge is 0.352 e. The number of carbonyl (C=O) groups is 3. The zero-order chi connectivity index (χ0) is 26.0. The summed E-state index contributed by atoms with van der Waals surface area (Å²) in [6.45, 7) is 0. The Balaban J connectivity index is 1.54. The van der Waals surface area contributed by atoms with Crippen molar-refractivity contribution in [3.8, 4) is 0 Å². The Morgan fingerprint density at radius 2 is 1.66 bits per heavy atom. The Kier molecular flexibility index (Phi) is 5.29. The molecule has 1 fully saturated rings. The van der Waals surface area contributed by atoms with Crippen LogP contribution in [0.4, 0.5) is 11.4 Å². The Hall–Kier alpha value is -3.81. The first kappa shape index (κ1) is 23.3. The van der Waals surface area contributed by atoms with E-state index in [4.69, 9.17) is 0 Å². The zero-order valence-corrected chi connectivity index (χ0v) is 22.4. The van der Waals surface area contributed by atoms with Crippen LogP contribution in [0.2, 0.25) is 0 Å². The standard InChI is InChI=1S/C31H21BrN2O3S/c32-20-14-11-19(12-15-20)28(35)27-26(29(36)24-10-5-17-38-24)31(21-7-2-3-8-22(21)33-30(31)37)25-16-13-18-6-1-4-9-23(18)34(25)27/h1-17,25-27H,(H,33,37)/t25-,26-,27+,31+/m0/s1. The van der Waals surface area contributed by atoms with Crippen molar-refractivity contribution >= 4 is 62.2 Å². The molecule has 7 heteroatoms. The number of hydrogen-bond donors (Lipinski definition) is 1. The summed E-state index contributed by atoms with van der Waals surface area (Å²) in [5.41, 5.74) is 2.45. The number of para-hydroxylation sites is 2. The van der Waals surface area contributed by atoms with E-state index in [0.29, 0.717) is 16.1 Å². The number of rotatable bonds is 4. The van der Waals surface area contributed by atoms with Gasteiger partial charge in [-0.2, -0.15) is 0 Å². The second-order valence-electron chi connectivity index (χ2n) is 9.77. The van der Waals surface area contributed by atoms with Crippen molar-refractivity contribution in [1.29, 1.82) is 0 Å². The molecular weight excluding hydrogens is 560 g/mol. The summed E-state index contributed by atoms with van der Waals surface area (Å²) >= 11 is 4.79. The molecule has 0 aliphatic carbocycles. The van der Waals surface area contributed by atoms with Crippen LogP contribution >= 0.6 is 27.3 Å². The van der Waals surface area contributed by atoms with E-state index in [1.165, 1.54) is 11.3 Å². The van der Waals surface area contributed by atoms with Gasteiger partial charge in [-0.15, -0.1) is 11.3 Å². The lowest BCUT2D eigenvalue weighted by Gasteiger charge is -2.37. The predicted molar refractivity (Wildman–Crippen MR) is 153 cm³/mol.